The maximum atomic E-state index is 11.4. The van der Waals surface area contributed by atoms with Crippen LogP contribution in [-0.4, -0.2) is 102 Å². The lowest BCUT2D eigenvalue weighted by atomic mass is 9.92. The van der Waals surface area contributed by atoms with Crippen LogP contribution in [0, 0.1) is 5.41 Å². The zero-order valence-electron chi connectivity index (χ0n) is 22.8. The molecule has 0 heterocycles. The summed E-state index contributed by atoms with van der Waals surface area (Å²) < 4.78 is 43.2. The first kappa shape index (κ1) is 35.7. The third-order valence-electron chi connectivity index (χ3n) is 4.58. The summed E-state index contributed by atoms with van der Waals surface area (Å²) in [6, 6.07) is 0. The molecule has 2 atom stereocenters. The van der Waals surface area contributed by atoms with Crippen molar-refractivity contribution < 1.29 is 57.1 Å². The Morgan fingerprint density at radius 2 is 0.897 bits per heavy atom. The molecular formula is C27H40O12. The average Bonchev–Trinajstić information content (AvgIpc) is 2.91. The van der Waals surface area contributed by atoms with Gasteiger partial charge in [-0.15, -0.1) is 0 Å². The van der Waals surface area contributed by atoms with Gasteiger partial charge in [-0.1, -0.05) is 26.3 Å². The number of hydrogen-bond acceptors (Lipinski definition) is 12. The molecule has 0 aliphatic carbocycles. The van der Waals surface area contributed by atoms with Gasteiger partial charge < -0.3 is 37.9 Å². The largest absolute Gasteiger partial charge is 0.460 e. The second kappa shape index (κ2) is 21.6. The van der Waals surface area contributed by atoms with E-state index in [1.807, 2.05) is 0 Å². The zero-order chi connectivity index (χ0) is 29.5. The number of ether oxygens (including phenoxy) is 8. The van der Waals surface area contributed by atoms with Gasteiger partial charge in [0.05, 0.1) is 58.3 Å². The minimum absolute atomic E-state index is 0.00983. The van der Waals surface area contributed by atoms with Crippen LogP contribution in [0.25, 0.3) is 0 Å². The van der Waals surface area contributed by atoms with Crippen LogP contribution in [0.5, 0.6) is 0 Å². The second-order valence-corrected chi connectivity index (χ2v) is 8.28. The Kier molecular flexibility index (Phi) is 19.8. The van der Waals surface area contributed by atoms with Crippen LogP contribution in [0.2, 0.25) is 0 Å². The van der Waals surface area contributed by atoms with Crippen LogP contribution in [0.15, 0.2) is 50.6 Å². The van der Waals surface area contributed by atoms with Gasteiger partial charge in [-0.25, -0.2) is 19.2 Å². The molecule has 0 spiro atoms. The molecule has 0 aromatic heterocycles. The monoisotopic (exact) mass is 556 g/mol. The van der Waals surface area contributed by atoms with Crippen molar-refractivity contribution in [3.05, 3.63) is 50.6 Å². The van der Waals surface area contributed by atoms with E-state index in [1.165, 1.54) is 0 Å². The Hall–Kier alpha value is -3.32. The van der Waals surface area contributed by atoms with Crippen LogP contribution in [0.1, 0.15) is 13.8 Å². The molecule has 0 saturated heterocycles. The summed E-state index contributed by atoms with van der Waals surface area (Å²) in [6.45, 7) is 17.1. The van der Waals surface area contributed by atoms with E-state index >= 15 is 0 Å². The van der Waals surface area contributed by atoms with Crippen molar-refractivity contribution in [1.82, 2.24) is 0 Å². The Bertz CT molecular complexity index is 741. The maximum Gasteiger partial charge on any atom is 0.330 e. The summed E-state index contributed by atoms with van der Waals surface area (Å²) in [7, 11) is 0. The van der Waals surface area contributed by atoms with Crippen LogP contribution in [0.4, 0.5) is 0 Å². The first-order chi connectivity index (χ1) is 18.6. The van der Waals surface area contributed by atoms with Gasteiger partial charge in [0.25, 0.3) is 0 Å². The predicted molar refractivity (Wildman–Crippen MR) is 140 cm³/mol. The van der Waals surface area contributed by atoms with Crippen LogP contribution < -0.4 is 0 Å². The molecule has 0 saturated carbocycles. The summed E-state index contributed by atoms with van der Waals surface area (Å²) in [4.78, 5) is 45.4. The molecule has 0 N–H and O–H groups in total. The number of carbonyl (C=O) groups is 4. The summed E-state index contributed by atoms with van der Waals surface area (Å²) in [5, 5.41) is 0. The van der Waals surface area contributed by atoms with Gasteiger partial charge in [0.1, 0.15) is 25.4 Å². The topological polar surface area (TPSA) is 142 Å². The van der Waals surface area contributed by atoms with Crippen LogP contribution in [-0.2, 0) is 57.1 Å². The van der Waals surface area contributed by atoms with E-state index in [0.29, 0.717) is 0 Å². The Morgan fingerprint density at radius 3 is 1.23 bits per heavy atom. The first-order valence-corrected chi connectivity index (χ1v) is 12.2. The lowest BCUT2D eigenvalue weighted by Gasteiger charge is -2.33. The highest BCUT2D eigenvalue weighted by molar-refractivity contribution is 5.82. The lowest BCUT2D eigenvalue weighted by molar-refractivity contribution is -0.153. The molecule has 0 aromatic rings. The minimum Gasteiger partial charge on any atom is -0.460 e. The molecule has 220 valence electrons. The highest BCUT2D eigenvalue weighted by Crippen LogP contribution is 2.21. The average molecular weight is 557 g/mol. The summed E-state index contributed by atoms with van der Waals surface area (Å²) >= 11 is 0. The standard InChI is InChI=1S/C27H40O12/c1-7-23(28)36-13-11-32-17-27(18-33-12-14-37-24(29)8-2,19-34-15-21(5)38-25(30)9-3)20-35-16-22(6)39-26(31)10-4/h7-10,21-22H,1-4,11-20H2,5-6H3. The molecule has 0 amide bonds. The summed E-state index contributed by atoms with van der Waals surface area (Å²) in [5.74, 6) is -2.34. The highest BCUT2D eigenvalue weighted by atomic mass is 16.6. The Balaban J connectivity index is 5.37. The van der Waals surface area contributed by atoms with Gasteiger partial charge in [-0.2, -0.15) is 0 Å². The fourth-order valence-electron chi connectivity index (χ4n) is 2.79. The summed E-state index contributed by atoms with van der Waals surface area (Å²) in [5.41, 5.74) is -0.908. The van der Waals surface area contributed by atoms with Gasteiger partial charge in [-0.05, 0) is 13.8 Å². The molecule has 0 rings (SSSR count). The van der Waals surface area contributed by atoms with E-state index in [2.05, 4.69) is 26.3 Å². The van der Waals surface area contributed by atoms with Crippen molar-refractivity contribution in [2.24, 2.45) is 5.41 Å². The minimum atomic E-state index is -0.908. The number of esters is 4. The van der Waals surface area contributed by atoms with E-state index in [1.54, 1.807) is 13.8 Å². The predicted octanol–water partition coefficient (Wildman–Crippen LogP) is 1.73. The number of rotatable bonds is 24. The van der Waals surface area contributed by atoms with Crippen molar-refractivity contribution in [2.45, 2.75) is 26.1 Å². The SMILES string of the molecule is C=CC(=O)OCCOCC(COCCOC(=O)C=C)(COCC(C)OC(=O)C=C)COCC(C)OC(=O)C=C. The quantitative estimate of drug-likeness (QED) is 0.0739. The normalized spacial score (nSPS) is 12.4. The number of hydrogen-bond donors (Lipinski definition) is 0. The van der Waals surface area contributed by atoms with Gasteiger partial charge in [0.15, 0.2) is 0 Å². The molecule has 0 aliphatic rings. The molecule has 0 radical (unpaired) electrons. The molecule has 0 bridgehead atoms. The smallest absolute Gasteiger partial charge is 0.330 e. The lowest BCUT2D eigenvalue weighted by Crippen LogP contribution is -2.43. The Morgan fingerprint density at radius 1 is 0.564 bits per heavy atom. The van der Waals surface area contributed by atoms with Crippen LogP contribution in [0.3, 0.4) is 0 Å². The molecule has 0 aliphatic heterocycles. The van der Waals surface area contributed by atoms with Crippen molar-refractivity contribution >= 4 is 23.9 Å². The van der Waals surface area contributed by atoms with Gasteiger partial charge in [0, 0.05) is 24.3 Å². The molecule has 39 heavy (non-hydrogen) atoms. The van der Waals surface area contributed by atoms with E-state index in [4.69, 9.17) is 37.9 Å². The van der Waals surface area contributed by atoms with Crippen molar-refractivity contribution in [2.75, 3.05) is 66.1 Å². The molecular weight excluding hydrogens is 516 g/mol. The third kappa shape index (κ3) is 18.6. The first-order valence-electron chi connectivity index (χ1n) is 12.2. The maximum absolute atomic E-state index is 11.4. The molecule has 12 heteroatoms. The zero-order valence-corrected chi connectivity index (χ0v) is 22.8. The third-order valence-corrected chi connectivity index (χ3v) is 4.58. The summed E-state index contributed by atoms with van der Waals surface area (Å²) in [6.07, 6.45) is 3.06. The van der Waals surface area contributed by atoms with Crippen molar-refractivity contribution in [3.63, 3.8) is 0 Å². The van der Waals surface area contributed by atoms with E-state index in [-0.39, 0.29) is 66.1 Å². The van der Waals surface area contributed by atoms with Crippen LogP contribution >= 0.6 is 0 Å². The Labute approximate surface area is 229 Å². The van der Waals surface area contributed by atoms with Crippen molar-refractivity contribution in [3.8, 4) is 0 Å². The molecule has 12 nitrogen and oxygen atoms in total. The van der Waals surface area contributed by atoms with Crippen molar-refractivity contribution in [1.29, 1.82) is 0 Å². The highest BCUT2D eigenvalue weighted by Gasteiger charge is 2.33. The van der Waals surface area contributed by atoms with E-state index in [9.17, 15) is 19.2 Å². The van der Waals surface area contributed by atoms with Gasteiger partial charge in [-0.3, -0.25) is 0 Å². The van der Waals surface area contributed by atoms with E-state index in [0.717, 1.165) is 24.3 Å². The van der Waals surface area contributed by atoms with E-state index < -0.39 is 41.5 Å². The second-order valence-electron chi connectivity index (χ2n) is 8.28. The number of carbonyl (C=O) groups excluding carboxylic acids is 4. The molecule has 0 fully saturated rings. The molecule has 0 aromatic carbocycles. The van der Waals surface area contributed by atoms with Gasteiger partial charge >= 0.3 is 23.9 Å². The molecule has 2 unspecified atom stereocenters. The van der Waals surface area contributed by atoms with Gasteiger partial charge in [0.2, 0.25) is 0 Å². The fourth-order valence-corrected chi connectivity index (χ4v) is 2.79. The fraction of sp³-hybridized carbons (Fsp3) is 0.556.